The van der Waals surface area contributed by atoms with Crippen LogP contribution in [-0.2, 0) is 6.54 Å². The van der Waals surface area contributed by atoms with Gasteiger partial charge in [0.25, 0.3) is 5.91 Å². The monoisotopic (exact) mass is 306 g/mol. The molecule has 1 aliphatic heterocycles. The van der Waals surface area contributed by atoms with Crippen LogP contribution in [0.5, 0.6) is 0 Å². The first-order chi connectivity index (χ1) is 10.8. The van der Waals surface area contributed by atoms with Crippen molar-refractivity contribution in [1.82, 2.24) is 9.88 Å². The highest BCUT2D eigenvalue weighted by Gasteiger charge is 2.27. The first kappa shape index (κ1) is 13.2. The average Bonchev–Trinajstić information content (AvgIpc) is 3.17. The van der Waals surface area contributed by atoms with Gasteiger partial charge in [-0.1, -0.05) is 24.3 Å². The first-order valence-electron chi connectivity index (χ1n) is 7.13. The quantitative estimate of drug-likeness (QED) is 0.682. The fourth-order valence-electron chi connectivity index (χ4n) is 2.99. The number of nitrogens with zero attached hydrogens (tertiary/aromatic N) is 2. The van der Waals surface area contributed by atoms with Gasteiger partial charge >= 0.3 is 0 Å². The summed E-state index contributed by atoms with van der Waals surface area (Å²) in [6.45, 7) is 4.97. The summed E-state index contributed by atoms with van der Waals surface area (Å²) in [6, 6.07) is 10.3. The van der Waals surface area contributed by atoms with Gasteiger partial charge in [0.05, 0.1) is 0 Å². The highest BCUT2D eigenvalue weighted by molar-refractivity contribution is 7.13. The molecule has 0 spiro atoms. The van der Waals surface area contributed by atoms with E-state index in [-0.39, 0.29) is 5.91 Å². The summed E-state index contributed by atoms with van der Waals surface area (Å²) >= 11 is 1.63. The van der Waals surface area contributed by atoms with Gasteiger partial charge in [-0.15, -0.1) is 17.9 Å². The number of benzene rings is 2. The summed E-state index contributed by atoms with van der Waals surface area (Å²) in [5.74, 6) is 0.0939. The van der Waals surface area contributed by atoms with Gasteiger partial charge in [-0.2, -0.15) is 0 Å². The largest absolute Gasteiger partial charge is 0.331 e. The Bertz CT molecular complexity index is 883. The minimum absolute atomic E-state index is 0.0939. The van der Waals surface area contributed by atoms with Crippen LogP contribution in [0.1, 0.15) is 15.9 Å². The number of thiazole rings is 1. The number of rotatable bonds is 3. The predicted octanol–water partition coefficient (Wildman–Crippen LogP) is 4.11. The number of amides is 1. The summed E-state index contributed by atoms with van der Waals surface area (Å²) < 4.78 is 0. The summed E-state index contributed by atoms with van der Waals surface area (Å²) in [6.07, 6.45) is 3.59. The van der Waals surface area contributed by atoms with E-state index in [9.17, 15) is 4.79 Å². The number of fused-ring (bicyclic) bond motifs is 3. The molecule has 1 aliphatic rings. The molecule has 2 aromatic carbocycles. The van der Waals surface area contributed by atoms with Gasteiger partial charge in [0, 0.05) is 35.8 Å². The molecule has 0 aliphatic carbocycles. The smallest absolute Gasteiger partial charge is 0.254 e. The standard InChI is InChI=1S/C18H14N2OS/c1-2-8-20-11-16-14(18(20)21)6-5-12-3-4-13(10-15(12)16)17-19-7-9-22-17/h2-7,9-10H,1,8,11H2. The number of carbonyl (C=O) groups excluding carboxylic acids is 1. The second-order valence-corrected chi connectivity index (χ2v) is 6.23. The van der Waals surface area contributed by atoms with E-state index in [1.54, 1.807) is 17.4 Å². The number of carbonyl (C=O) groups is 1. The Hall–Kier alpha value is -2.46. The van der Waals surface area contributed by atoms with E-state index in [0.717, 1.165) is 32.5 Å². The molecule has 0 atom stereocenters. The molecule has 3 nitrogen and oxygen atoms in total. The predicted molar refractivity (Wildman–Crippen MR) is 90.0 cm³/mol. The van der Waals surface area contributed by atoms with Crippen LogP contribution < -0.4 is 0 Å². The van der Waals surface area contributed by atoms with Crippen LogP contribution in [0.15, 0.2) is 54.6 Å². The lowest BCUT2D eigenvalue weighted by Gasteiger charge is -2.11. The fourth-order valence-corrected chi connectivity index (χ4v) is 3.62. The second kappa shape index (κ2) is 5.07. The molecule has 0 bridgehead atoms. The van der Waals surface area contributed by atoms with Gasteiger partial charge in [-0.3, -0.25) is 4.79 Å². The van der Waals surface area contributed by atoms with E-state index in [1.165, 1.54) is 0 Å². The molecule has 0 radical (unpaired) electrons. The molecule has 3 aromatic rings. The Kier molecular flexibility index (Phi) is 3.05. The first-order valence-corrected chi connectivity index (χ1v) is 8.01. The molecule has 2 heterocycles. The molecule has 1 amide bonds. The summed E-state index contributed by atoms with van der Waals surface area (Å²) in [7, 11) is 0. The second-order valence-electron chi connectivity index (χ2n) is 5.34. The van der Waals surface area contributed by atoms with Gasteiger partial charge in [-0.05, 0) is 28.5 Å². The van der Waals surface area contributed by atoms with Crippen molar-refractivity contribution < 1.29 is 4.79 Å². The Morgan fingerprint density at radius 1 is 1.32 bits per heavy atom. The van der Waals surface area contributed by atoms with E-state index >= 15 is 0 Å². The van der Waals surface area contributed by atoms with Crippen LogP contribution in [0.3, 0.4) is 0 Å². The molecule has 4 rings (SSSR count). The molecule has 0 saturated heterocycles. The van der Waals surface area contributed by atoms with Crippen molar-refractivity contribution in [2.45, 2.75) is 6.54 Å². The van der Waals surface area contributed by atoms with Gasteiger partial charge in [0.15, 0.2) is 0 Å². The van der Waals surface area contributed by atoms with E-state index < -0.39 is 0 Å². The zero-order valence-corrected chi connectivity index (χ0v) is 12.8. The lowest BCUT2D eigenvalue weighted by molar-refractivity contribution is 0.0796. The molecule has 0 fully saturated rings. The van der Waals surface area contributed by atoms with Gasteiger partial charge in [-0.25, -0.2) is 4.98 Å². The van der Waals surface area contributed by atoms with Crippen molar-refractivity contribution >= 4 is 28.0 Å². The summed E-state index contributed by atoms with van der Waals surface area (Å²) in [4.78, 5) is 18.6. The third-order valence-electron chi connectivity index (χ3n) is 4.03. The number of hydrogen-bond acceptors (Lipinski definition) is 3. The van der Waals surface area contributed by atoms with Crippen LogP contribution in [0, 0.1) is 0 Å². The Morgan fingerprint density at radius 2 is 2.18 bits per heavy atom. The minimum atomic E-state index is 0.0939. The highest BCUT2D eigenvalue weighted by atomic mass is 32.1. The van der Waals surface area contributed by atoms with Crippen LogP contribution in [0.4, 0.5) is 0 Å². The maximum absolute atomic E-state index is 12.4. The summed E-state index contributed by atoms with van der Waals surface area (Å²) in [5.41, 5.74) is 3.03. The molecule has 0 unspecified atom stereocenters. The van der Waals surface area contributed by atoms with Gasteiger partial charge < -0.3 is 4.90 Å². The normalized spacial score (nSPS) is 13.6. The zero-order chi connectivity index (χ0) is 15.1. The van der Waals surface area contributed by atoms with Gasteiger partial charge in [0.2, 0.25) is 0 Å². The third kappa shape index (κ3) is 1.96. The van der Waals surface area contributed by atoms with Crippen molar-refractivity contribution in [2.75, 3.05) is 6.54 Å². The topological polar surface area (TPSA) is 33.2 Å². The summed E-state index contributed by atoms with van der Waals surface area (Å²) in [5, 5.41) is 5.29. The number of aromatic nitrogens is 1. The molecule has 108 valence electrons. The van der Waals surface area contributed by atoms with Crippen molar-refractivity contribution in [2.24, 2.45) is 0 Å². The van der Waals surface area contributed by atoms with E-state index in [0.29, 0.717) is 13.1 Å². The minimum Gasteiger partial charge on any atom is -0.331 e. The molecule has 1 aromatic heterocycles. The van der Waals surface area contributed by atoms with Crippen molar-refractivity contribution in [1.29, 1.82) is 0 Å². The lowest BCUT2D eigenvalue weighted by Crippen LogP contribution is -2.23. The molecule has 4 heteroatoms. The maximum Gasteiger partial charge on any atom is 0.254 e. The van der Waals surface area contributed by atoms with Crippen LogP contribution in [0.2, 0.25) is 0 Å². The molecular formula is C18H14N2OS. The van der Waals surface area contributed by atoms with Gasteiger partial charge in [0.1, 0.15) is 5.01 Å². The Morgan fingerprint density at radius 3 is 2.95 bits per heavy atom. The Labute approximate surface area is 132 Å². The molecular weight excluding hydrogens is 292 g/mol. The molecule has 0 saturated carbocycles. The number of hydrogen-bond donors (Lipinski definition) is 0. The third-order valence-corrected chi connectivity index (χ3v) is 4.85. The zero-order valence-electron chi connectivity index (χ0n) is 12.0. The van der Waals surface area contributed by atoms with E-state index in [2.05, 4.69) is 29.8 Å². The van der Waals surface area contributed by atoms with Crippen LogP contribution in [-0.4, -0.2) is 22.3 Å². The van der Waals surface area contributed by atoms with Crippen molar-refractivity contribution in [3.05, 3.63) is 65.7 Å². The van der Waals surface area contributed by atoms with Crippen molar-refractivity contribution in [3.63, 3.8) is 0 Å². The fraction of sp³-hybridized carbons (Fsp3) is 0.111. The molecule has 22 heavy (non-hydrogen) atoms. The average molecular weight is 306 g/mol. The van der Waals surface area contributed by atoms with E-state index in [1.807, 2.05) is 28.6 Å². The van der Waals surface area contributed by atoms with Crippen LogP contribution in [0.25, 0.3) is 21.3 Å². The molecule has 0 N–H and O–H groups in total. The van der Waals surface area contributed by atoms with Crippen molar-refractivity contribution in [3.8, 4) is 10.6 Å². The Balaban J connectivity index is 1.89. The maximum atomic E-state index is 12.4. The highest BCUT2D eigenvalue weighted by Crippen LogP contribution is 2.33. The lowest BCUT2D eigenvalue weighted by atomic mass is 9.99. The van der Waals surface area contributed by atoms with Crippen LogP contribution >= 0.6 is 11.3 Å². The SMILES string of the molecule is C=CCN1Cc2c(ccc3ccc(-c4nccs4)cc23)C1=O. The van der Waals surface area contributed by atoms with E-state index in [4.69, 9.17) is 0 Å².